The van der Waals surface area contributed by atoms with Crippen LogP contribution in [-0.4, -0.2) is 15.5 Å². The van der Waals surface area contributed by atoms with Crippen LogP contribution in [-0.2, 0) is 11.9 Å². The number of carbonyl (C=O) groups is 1. The van der Waals surface area contributed by atoms with Crippen LogP contribution in [0.25, 0.3) is 0 Å². The van der Waals surface area contributed by atoms with Gasteiger partial charge in [0.15, 0.2) is 0 Å². The zero-order valence-electron chi connectivity index (χ0n) is 14.1. The first kappa shape index (κ1) is 19.4. The largest absolute Gasteiger partial charge is 0.416 e. The number of thioether (sulfide) groups is 1. The molecule has 0 aliphatic carbocycles. The highest BCUT2D eigenvalue weighted by Crippen LogP contribution is 2.33. The van der Waals surface area contributed by atoms with Gasteiger partial charge in [-0.25, -0.2) is 0 Å². The lowest BCUT2D eigenvalue weighted by Gasteiger charge is -2.11. The number of carbonyl (C=O) groups excluding carboxylic acids is 1. The minimum absolute atomic E-state index is 0.311. The molecule has 0 atom stereocenters. The molecule has 27 heavy (non-hydrogen) atoms. The molecule has 0 unspecified atom stereocenters. The standard InChI is InChI=1S/C18H14F3N3OS2/c1-11-16(27-24-23-11)17(25)22-14-7-2-3-8-15(14)26-10-12-5-4-6-13(9-12)18(19,20)21/h2-9H,10H2,1H3,(H,22,25). The van der Waals surface area contributed by atoms with E-state index in [9.17, 15) is 18.0 Å². The van der Waals surface area contributed by atoms with E-state index >= 15 is 0 Å². The topological polar surface area (TPSA) is 54.9 Å². The molecule has 0 aliphatic rings. The Labute approximate surface area is 162 Å². The van der Waals surface area contributed by atoms with Crippen molar-refractivity contribution >= 4 is 34.9 Å². The Balaban J connectivity index is 1.73. The average Bonchev–Trinajstić information content (AvgIpc) is 3.06. The third kappa shape index (κ3) is 4.86. The van der Waals surface area contributed by atoms with E-state index in [1.165, 1.54) is 17.8 Å². The molecule has 0 aliphatic heterocycles. The lowest BCUT2D eigenvalue weighted by atomic mass is 10.1. The van der Waals surface area contributed by atoms with E-state index in [4.69, 9.17) is 0 Å². The SMILES string of the molecule is Cc1nnsc1C(=O)Nc1ccccc1SCc1cccc(C(F)(F)F)c1. The Hall–Kier alpha value is -2.39. The molecule has 3 rings (SSSR count). The second-order valence-electron chi connectivity index (χ2n) is 5.62. The van der Waals surface area contributed by atoms with Gasteiger partial charge in [0.25, 0.3) is 5.91 Å². The molecule has 140 valence electrons. The molecule has 1 amide bonds. The Morgan fingerprint density at radius 3 is 2.67 bits per heavy atom. The minimum Gasteiger partial charge on any atom is -0.320 e. The summed E-state index contributed by atoms with van der Waals surface area (Å²) in [5.74, 6) is 0.0346. The Bertz CT molecular complexity index is 957. The summed E-state index contributed by atoms with van der Waals surface area (Å²) in [5, 5.41) is 6.63. The van der Waals surface area contributed by atoms with Crippen molar-refractivity contribution in [1.29, 1.82) is 0 Å². The van der Waals surface area contributed by atoms with Crippen LogP contribution < -0.4 is 5.32 Å². The van der Waals surface area contributed by atoms with Crippen LogP contribution in [0.1, 0.15) is 26.5 Å². The highest BCUT2D eigenvalue weighted by molar-refractivity contribution is 7.98. The number of nitrogens with one attached hydrogen (secondary N) is 1. The quantitative estimate of drug-likeness (QED) is 0.573. The first-order valence-corrected chi connectivity index (χ1v) is 9.59. The van der Waals surface area contributed by atoms with Crippen LogP contribution in [0.2, 0.25) is 0 Å². The van der Waals surface area contributed by atoms with E-state index in [1.54, 1.807) is 25.1 Å². The zero-order valence-corrected chi connectivity index (χ0v) is 15.7. The number of para-hydroxylation sites is 1. The lowest BCUT2D eigenvalue weighted by molar-refractivity contribution is -0.137. The normalized spacial score (nSPS) is 11.4. The molecule has 3 aromatic rings. The van der Waals surface area contributed by atoms with Crippen molar-refractivity contribution < 1.29 is 18.0 Å². The van der Waals surface area contributed by atoms with Crippen molar-refractivity contribution in [2.45, 2.75) is 23.7 Å². The average molecular weight is 409 g/mol. The van der Waals surface area contributed by atoms with E-state index in [-0.39, 0.29) is 5.91 Å². The van der Waals surface area contributed by atoms with Crippen LogP contribution in [0.15, 0.2) is 53.4 Å². The van der Waals surface area contributed by atoms with E-state index in [1.807, 2.05) is 12.1 Å². The van der Waals surface area contributed by atoms with Gasteiger partial charge in [0, 0.05) is 10.6 Å². The van der Waals surface area contributed by atoms with Gasteiger partial charge in [-0.05, 0) is 42.2 Å². The van der Waals surface area contributed by atoms with Crippen molar-refractivity contribution in [3.05, 3.63) is 70.2 Å². The Morgan fingerprint density at radius 1 is 1.19 bits per heavy atom. The van der Waals surface area contributed by atoms with Crippen LogP contribution in [0.5, 0.6) is 0 Å². The van der Waals surface area contributed by atoms with Crippen molar-refractivity contribution in [2.24, 2.45) is 0 Å². The summed E-state index contributed by atoms with van der Waals surface area (Å²) < 4.78 is 42.3. The smallest absolute Gasteiger partial charge is 0.320 e. The van der Waals surface area contributed by atoms with E-state index in [0.29, 0.717) is 27.6 Å². The number of anilines is 1. The van der Waals surface area contributed by atoms with Crippen LogP contribution >= 0.6 is 23.3 Å². The summed E-state index contributed by atoms with van der Waals surface area (Å²) in [6.07, 6.45) is -4.37. The maximum atomic E-state index is 12.8. The van der Waals surface area contributed by atoms with Gasteiger partial charge in [-0.15, -0.1) is 16.9 Å². The summed E-state index contributed by atoms with van der Waals surface area (Å²) in [5.41, 5.74) is 1.02. The van der Waals surface area contributed by atoms with Crippen LogP contribution in [0.4, 0.5) is 18.9 Å². The fraction of sp³-hybridized carbons (Fsp3) is 0.167. The Kier molecular flexibility index (Phi) is 5.81. The molecule has 0 bridgehead atoms. The molecule has 0 radical (unpaired) electrons. The zero-order chi connectivity index (χ0) is 19.4. The first-order chi connectivity index (χ1) is 12.8. The highest BCUT2D eigenvalue weighted by atomic mass is 32.2. The summed E-state index contributed by atoms with van der Waals surface area (Å²) in [6, 6.07) is 12.4. The molecular formula is C18H14F3N3OS2. The molecule has 1 aromatic heterocycles. The van der Waals surface area contributed by atoms with Gasteiger partial charge < -0.3 is 5.32 Å². The van der Waals surface area contributed by atoms with Gasteiger partial charge in [-0.2, -0.15) is 13.2 Å². The summed E-state index contributed by atoms with van der Waals surface area (Å²) in [7, 11) is 0. The lowest BCUT2D eigenvalue weighted by Crippen LogP contribution is -2.12. The molecule has 1 heterocycles. The number of hydrogen-bond acceptors (Lipinski definition) is 5. The molecule has 0 fully saturated rings. The van der Waals surface area contributed by atoms with Crippen molar-refractivity contribution in [1.82, 2.24) is 9.59 Å². The van der Waals surface area contributed by atoms with E-state index < -0.39 is 11.7 Å². The number of halogens is 3. The molecule has 0 spiro atoms. The van der Waals surface area contributed by atoms with Gasteiger partial charge in [-0.3, -0.25) is 4.79 Å². The molecule has 0 saturated heterocycles. The number of benzene rings is 2. The second-order valence-corrected chi connectivity index (χ2v) is 7.40. The number of amides is 1. The van der Waals surface area contributed by atoms with Crippen molar-refractivity contribution in [3.8, 4) is 0 Å². The third-order valence-electron chi connectivity index (χ3n) is 3.64. The number of alkyl halides is 3. The molecule has 1 N–H and O–H groups in total. The van der Waals surface area contributed by atoms with Gasteiger partial charge in [0.05, 0.1) is 16.9 Å². The maximum Gasteiger partial charge on any atom is 0.416 e. The fourth-order valence-corrected chi connectivity index (χ4v) is 3.82. The number of nitrogens with zero attached hydrogens (tertiary/aromatic N) is 2. The number of rotatable bonds is 5. The first-order valence-electron chi connectivity index (χ1n) is 7.83. The van der Waals surface area contributed by atoms with Gasteiger partial charge >= 0.3 is 6.18 Å². The van der Waals surface area contributed by atoms with E-state index in [0.717, 1.165) is 28.6 Å². The van der Waals surface area contributed by atoms with Crippen LogP contribution in [0.3, 0.4) is 0 Å². The van der Waals surface area contributed by atoms with Crippen molar-refractivity contribution in [3.63, 3.8) is 0 Å². The molecule has 4 nitrogen and oxygen atoms in total. The summed E-state index contributed by atoms with van der Waals surface area (Å²) >= 11 is 2.36. The Morgan fingerprint density at radius 2 is 1.96 bits per heavy atom. The summed E-state index contributed by atoms with van der Waals surface area (Å²) in [6.45, 7) is 1.70. The number of aryl methyl sites for hydroxylation is 1. The molecule has 2 aromatic carbocycles. The fourth-order valence-electron chi connectivity index (χ4n) is 2.31. The predicted molar refractivity (Wildman–Crippen MR) is 100 cm³/mol. The van der Waals surface area contributed by atoms with Gasteiger partial charge in [-0.1, -0.05) is 34.8 Å². The molecule has 9 heteroatoms. The second kappa shape index (κ2) is 8.10. The minimum atomic E-state index is -4.37. The van der Waals surface area contributed by atoms with Crippen LogP contribution in [0, 0.1) is 6.92 Å². The third-order valence-corrected chi connectivity index (χ3v) is 5.61. The monoisotopic (exact) mass is 409 g/mol. The van der Waals surface area contributed by atoms with Crippen molar-refractivity contribution in [2.75, 3.05) is 5.32 Å². The maximum absolute atomic E-state index is 12.8. The summed E-state index contributed by atoms with van der Waals surface area (Å²) in [4.78, 5) is 13.5. The number of hydrogen-bond donors (Lipinski definition) is 1. The van der Waals surface area contributed by atoms with E-state index in [2.05, 4.69) is 14.9 Å². The predicted octanol–water partition coefficient (Wildman–Crippen LogP) is 5.41. The highest BCUT2D eigenvalue weighted by Gasteiger charge is 2.30. The number of aromatic nitrogens is 2. The van der Waals surface area contributed by atoms with Gasteiger partial charge in [0.1, 0.15) is 4.88 Å². The molecular weight excluding hydrogens is 395 g/mol. The van der Waals surface area contributed by atoms with Gasteiger partial charge in [0.2, 0.25) is 0 Å². The molecule has 0 saturated carbocycles.